The first-order chi connectivity index (χ1) is 30.6. The molecule has 1 aromatic carbocycles. The van der Waals surface area contributed by atoms with Crippen molar-refractivity contribution in [1.82, 2.24) is 35.6 Å². The van der Waals surface area contributed by atoms with E-state index in [1.165, 1.54) is 28.7 Å². The van der Waals surface area contributed by atoms with E-state index >= 15 is 0 Å². The Labute approximate surface area is 388 Å². The largest absolute Gasteiger partial charge is 0.403 e. The Morgan fingerprint density at radius 3 is 2.31 bits per heavy atom. The van der Waals surface area contributed by atoms with Crippen LogP contribution in [0.2, 0.25) is 10.0 Å². The highest BCUT2D eigenvalue weighted by molar-refractivity contribution is 6.33. The second kappa shape index (κ2) is 22.1. The standard InChI is InChI=1S/C45H64Cl2F3N7O8/c1-6-55(40(62)27(4)52-38(60)34-14-12-20-56(34)43(65)44(45(48,49)50)17-9-7-10-18-44)33-13-8-11-19-51-37(59)35-24-30(58)25-57(35)42(64)36(23-28-22-29(46)15-16-31(28)47)54(5)41(63)32(21-26(2)3)53-39(33)61/h15-16,22,26-27,30,32-36,58H,6-14,17-21,23-25H2,1-5H3,(H,51,59)(H,52,60)(H,53,61)/t27-,30-,32-,33-,34-,35+,36-/m0/s1. The number of nitrogens with one attached hydrogen (secondary N) is 3. The zero-order chi connectivity index (χ0) is 48.0. The second-order valence-corrected chi connectivity index (χ2v) is 19.3. The lowest BCUT2D eigenvalue weighted by Crippen LogP contribution is -2.61. The molecule has 3 heterocycles. The minimum atomic E-state index is -4.80. The van der Waals surface area contributed by atoms with Crippen molar-refractivity contribution in [2.75, 3.05) is 33.2 Å². The summed E-state index contributed by atoms with van der Waals surface area (Å²) in [6.07, 6.45) is -4.31. The molecule has 15 nitrogen and oxygen atoms in total. The highest BCUT2D eigenvalue weighted by Gasteiger charge is 2.62. The lowest BCUT2D eigenvalue weighted by molar-refractivity contribution is -0.236. The summed E-state index contributed by atoms with van der Waals surface area (Å²) >= 11 is 12.9. The summed E-state index contributed by atoms with van der Waals surface area (Å²) < 4.78 is 43.6. The van der Waals surface area contributed by atoms with Crippen LogP contribution in [0.3, 0.4) is 0 Å². The van der Waals surface area contributed by atoms with E-state index in [-0.39, 0.29) is 94.9 Å². The van der Waals surface area contributed by atoms with E-state index in [1.54, 1.807) is 25.1 Å². The first kappa shape index (κ1) is 51.8. The number of halogens is 5. The monoisotopic (exact) mass is 957 g/mol. The van der Waals surface area contributed by atoms with Crippen LogP contribution in [-0.2, 0) is 40.0 Å². The van der Waals surface area contributed by atoms with E-state index in [4.69, 9.17) is 23.2 Å². The Morgan fingerprint density at radius 1 is 0.969 bits per heavy atom. The SMILES string of the molecule is CCN(C(=O)[C@H](C)NC(=O)[C@@H]1CCCN1C(=O)C1(C(F)(F)F)CCCCC1)[C@H]1CCCCNC(=O)[C@H]2C[C@H](O)CN2C(=O)[C@H](Cc2cc(Cl)ccc2Cl)N(C)C(=O)[C@H](CC(C)C)NC1=O. The van der Waals surface area contributed by atoms with Gasteiger partial charge in [-0.2, -0.15) is 13.2 Å². The minimum absolute atomic E-state index is 0.0183. The molecule has 0 radical (unpaired) electrons. The van der Waals surface area contributed by atoms with Crippen molar-refractivity contribution in [2.24, 2.45) is 11.3 Å². The van der Waals surface area contributed by atoms with Gasteiger partial charge in [0.05, 0.1) is 6.10 Å². The molecule has 4 aliphatic rings. The molecular weight excluding hydrogens is 894 g/mol. The number of rotatable bonds is 10. The third kappa shape index (κ3) is 11.9. The summed E-state index contributed by atoms with van der Waals surface area (Å²) in [7, 11) is 1.41. The van der Waals surface area contributed by atoms with Gasteiger partial charge in [-0.3, -0.25) is 33.6 Å². The highest BCUT2D eigenvalue weighted by Crippen LogP contribution is 2.51. The first-order valence-corrected chi connectivity index (χ1v) is 23.6. The minimum Gasteiger partial charge on any atom is -0.391 e. The Hall–Kier alpha value is -4.16. The number of hydrogen-bond acceptors (Lipinski definition) is 8. The van der Waals surface area contributed by atoms with Gasteiger partial charge in [-0.1, -0.05) is 56.3 Å². The summed E-state index contributed by atoms with van der Waals surface area (Å²) in [6.45, 7) is 6.67. The number of amides is 7. The van der Waals surface area contributed by atoms with Gasteiger partial charge in [0.2, 0.25) is 41.4 Å². The van der Waals surface area contributed by atoms with Crippen LogP contribution in [0.25, 0.3) is 0 Å². The topological polar surface area (TPSA) is 189 Å². The van der Waals surface area contributed by atoms with Gasteiger partial charge in [-0.25, -0.2) is 0 Å². The maximum absolute atomic E-state index is 14.7. The van der Waals surface area contributed by atoms with Crippen LogP contribution in [0.5, 0.6) is 0 Å². The Balaban J connectivity index is 1.41. The number of hydrogen-bond donors (Lipinski definition) is 4. The molecule has 1 aliphatic carbocycles. The fourth-order valence-corrected chi connectivity index (χ4v) is 10.2. The van der Waals surface area contributed by atoms with Crippen LogP contribution < -0.4 is 16.0 Å². The van der Waals surface area contributed by atoms with Crippen molar-refractivity contribution in [2.45, 2.75) is 160 Å². The number of carbonyl (C=O) groups is 7. The summed E-state index contributed by atoms with van der Waals surface area (Å²) in [5.74, 6) is -5.16. The molecule has 0 bridgehead atoms. The first-order valence-electron chi connectivity index (χ1n) is 22.9. The van der Waals surface area contributed by atoms with Gasteiger partial charge in [0.15, 0.2) is 0 Å². The normalized spacial score (nSPS) is 26.7. The van der Waals surface area contributed by atoms with Gasteiger partial charge in [-0.15, -0.1) is 0 Å². The number of nitrogens with zero attached hydrogens (tertiary/aromatic N) is 4. The number of likely N-dealkylation sites (tertiary alicyclic amines) is 1. The van der Waals surface area contributed by atoms with E-state index < -0.39 is 95.3 Å². The molecule has 1 aromatic rings. The summed E-state index contributed by atoms with van der Waals surface area (Å²) in [6, 6.07) is -2.48. The predicted molar refractivity (Wildman–Crippen MR) is 236 cm³/mol. The molecule has 0 aromatic heterocycles. The lowest BCUT2D eigenvalue weighted by Gasteiger charge is -2.41. The number of carbonyl (C=O) groups excluding carboxylic acids is 7. The highest BCUT2D eigenvalue weighted by atomic mass is 35.5. The van der Waals surface area contributed by atoms with Gasteiger partial charge >= 0.3 is 6.18 Å². The predicted octanol–water partition coefficient (Wildman–Crippen LogP) is 4.38. The molecule has 4 fully saturated rings. The molecule has 3 aliphatic heterocycles. The zero-order valence-electron chi connectivity index (χ0n) is 37.9. The fraction of sp³-hybridized carbons (Fsp3) is 0.711. The zero-order valence-corrected chi connectivity index (χ0v) is 39.4. The van der Waals surface area contributed by atoms with Crippen molar-refractivity contribution in [3.8, 4) is 0 Å². The van der Waals surface area contributed by atoms with Crippen LogP contribution in [0.4, 0.5) is 13.2 Å². The summed E-state index contributed by atoms with van der Waals surface area (Å²) in [5, 5.41) is 19.6. The molecule has 362 valence electrons. The van der Waals surface area contributed by atoms with Gasteiger partial charge in [0, 0.05) is 56.1 Å². The quantitative estimate of drug-likeness (QED) is 0.266. The molecule has 3 saturated heterocycles. The third-order valence-corrected chi connectivity index (χ3v) is 14.0. The van der Waals surface area contributed by atoms with Gasteiger partial charge in [0.1, 0.15) is 41.7 Å². The number of alkyl halides is 3. The Morgan fingerprint density at radius 2 is 1.66 bits per heavy atom. The van der Waals surface area contributed by atoms with Gasteiger partial charge in [-0.05, 0) is 94.9 Å². The van der Waals surface area contributed by atoms with E-state index in [2.05, 4.69) is 16.0 Å². The number of aliphatic hydroxyl groups is 1. The third-order valence-electron chi connectivity index (χ3n) is 13.4. The molecule has 0 unspecified atom stereocenters. The van der Waals surface area contributed by atoms with Crippen molar-refractivity contribution < 1.29 is 51.8 Å². The lowest BCUT2D eigenvalue weighted by atomic mass is 9.72. The number of aliphatic hydroxyl groups excluding tert-OH is 1. The van der Waals surface area contributed by atoms with E-state index in [9.17, 15) is 51.8 Å². The molecule has 20 heteroatoms. The van der Waals surface area contributed by atoms with Crippen molar-refractivity contribution in [3.63, 3.8) is 0 Å². The molecule has 65 heavy (non-hydrogen) atoms. The molecule has 7 atom stereocenters. The van der Waals surface area contributed by atoms with Crippen LogP contribution >= 0.6 is 23.2 Å². The molecule has 7 amide bonds. The van der Waals surface area contributed by atoms with Crippen LogP contribution in [0.1, 0.15) is 110 Å². The van der Waals surface area contributed by atoms with E-state index in [1.807, 2.05) is 13.8 Å². The van der Waals surface area contributed by atoms with Gasteiger partial charge < -0.3 is 40.7 Å². The smallest absolute Gasteiger partial charge is 0.391 e. The molecule has 1 saturated carbocycles. The maximum Gasteiger partial charge on any atom is 0.403 e. The molecular formula is C45H64Cl2F3N7O8. The van der Waals surface area contributed by atoms with Crippen molar-refractivity contribution in [1.29, 1.82) is 0 Å². The summed E-state index contributed by atoms with van der Waals surface area (Å²) in [4.78, 5) is 104. The Bertz CT molecular complexity index is 1940. The number of fused-ring (bicyclic) bond motifs is 1. The maximum atomic E-state index is 14.7. The van der Waals surface area contributed by atoms with Crippen LogP contribution in [0, 0.1) is 11.3 Å². The average molecular weight is 959 g/mol. The van der Waals surface area contributed by atoms with Crippen molar-refractivity contribution in [3.05, 3.63) is 33.8 Å². The van der Waals surface area contributed by atoms with Crippen molar-refractivity contribution >= 4 is 64.6 Å². The number of likely N-dealkylation sites (N-methyl/N-ethyl adjacent to an activating group) is 2. The second-order valence-electron chi connectivity index (χ2n) is 18.4. The molecule has 4 N–H and O–H groups in total. The average Bonchev–Trinajstić information content (AvgIpc) is 3.91. The molecule has 0 spiro atoms. The van der Waals surface area contributed by atoms with Gasteiger partial charge in [0.25, 0.3) is 0 Å². The van der Waals surface area contributed by atoms with E-state index in [0.717, 1.165) is 4.90 Å². The van der Waals surface area contributed by atoms with Crippen LogP contribution in [-0.4, -0.2) is 148 Å². The van der Waals surface area contributed by atoms with Crippen LogP contribution in [0.15, 0.2) is 18.2 Å². The summed E-state index contributed by atoms with van der Waals surface area (Å²) in [5.41, 5.74) is -2.13. The molecule has 5 rings (SSSR count). The van der Waals surface area contributed by atoms with E-state index in [0.29, 0.717) is 36.3 Å². The Kier molecular flexibility index (Phi) is 17.6. The number of benzene rings is 1. The fourth-order valence-electron chi connectivity index (χ4n) is 9.86.